The molecule has 0 aromatic heterocycles. The molecule has 2 fully saturated rings. The summed E-state index contributed by atoms with van der Waals surface area (Å²) in [6, 6.07) is 0. The van der Waals surface area contributed by atoms with Crippen LogP contribution in [-0.2, 0) is 23.7 Å². The predicted octanol–water partition coefficient (Wildman–Crippen LogP) is -0.269. The molecule has 2 aliphatic heterocycles. The third kappa shape index (κ3) is 1.63. The van der Waals surface area contributed by atoms with E-state index in [0.717, 1.165) is 0 Å². The number of carbonyl (C=O) groups is 1. The lowest BCUT2D eigenvalue weighted by Gasteiger charge is -2.15. The fraction of sp³-hybridized carbons (Fsp3) is 0.889. The molecule has 0 bridgehead atoms. The van der Waals surface area contributed by atoms with Crippen molar-refractivity contribution in [1.82, 2.24) is 0 Å². The summed E-state index contributed by atoms with van der Waals surface area (Å²) in [7, 11) is 1.62. The standard InChI is InChI=1S/C9H14O5/c1-5(10)14-7-4-13-8-6(11-2)3-12-9(7)8/h6-9H,3-4H2,1-2H3/t6?,7-,8-,9-/m1/s1. The first-order chi connectivity index (χ1) is 6.72. The lowest BCUT2D eigenvalue weighted by atomic mass is 10.1. The first kappa shape index (κ1) is 9.89. The molecule has 5 nitrogen and oxygen atoms in total. The van der Waals surface area contributed by atoms with Gasteiger partial charge in [0.2, 0.25) is 0 Å². The van der Waals surface area contributed by atoms with Gasteiger partial charge in [-0.05, 0) is 0 Å². The normalized spacial score (nSPS) is 41.0. The van der Waals surface area contributed by atoms with E-state index in [1.807, 2.05) is 0 Å². The molecule has 2 saturated heterocycles. The quantitative estimate of drug-likeness (QED) is 0.577. The number of esters is 1. The molecule has 4 atom stereocenters. The Bertz CT molecular complexity index is 229. The second kappa shape index (κ2) is 3.84. The van der Waals surface area contributed by atoms with Crippen LogP contribution in [-0.4, -0.2) is 50.7 Å². The number of methoxy groups -OCH3 is 1. The predicted molar refractivity (Wildman–Crippen MR) is 45.8 cm³/mol. The van der Waals surface area contributed by atoms with Crippen molar-refractivity contribution in [1.29, 1.82) is 0 Å². The van der Waals surface area contributed by atoms with Crippen molar-refractivity contribution in [2.75, 3.05) is 20.3 Å². The molecular formula is C9H14O5. The van der Waals surface area contributed by atoms with Gasteiger partial charge >= 0.3 is 5.97 Å². The number of hydrogen-bond acceptors (Lipinski definition) is 5. The summed E-state index contributed by atoms with van der Waals surface area (Å²) in [6.07, 6.45) is -0.577. The summed E-state index contributed by atoms with van der Waals surface area (Å²) in [5.74, 6) is -0.302. The molecule has 2 aliphatic rings. The number of carbonyl (C=O) groups excluding carboxylic acids is 1. The highest BCUT2D eigenvalue weighted by Gasteiger charge is 2.49. The fourth-order valence-electron chi connectivity index (χ4n) is 1.95. The van der Waals surface area contributed by atoms with Crippen molar-refractivity contribution in [2.45, 2.75) is 31.3 Å². The minimum absolute atomic E-state index is 0.0411. The Labute approximate surface area is 82.3 Å². The van der Waals surface area contributed by atoms with Gasteiger partial charge in [-0.1, -0.05) is 0 Å². The average molecular weight is 202 g/mol. The fourth-order valence-corrected chi connectivity index (χ4v) is 1.95. The van der Waals surface area contributed by atoms with Crippen LogP contribution in [0.25, 0.3) is 0 Å². The highest BCUT2D eigenvalue weighted by atomic mass is 16.6. The third-order valence-corrected chi connectivity index (χ3v) is 2.58. The highest BCUT2D eigenvalue weighted by molar-refractivity contribution is 5.66. The Balaban J connectivity index is 1.97. The maximum atomic E-state index is 10.8. The molecule has 2 rings (SSSR count). The van der Waals surface area contributed by atoms with Gasteiger partial charge < -0.3 is 18.9 Å². The maximum absolute atomic E-state index is 10.8. The van der Waals surface area contributed by atoms with Crippen LogP contribution in [0, 0.1) is 0 Å². The molecule has 0 spiro atoms. The zero-order valence-corrected chi connectivity index (χ0v) is 8.26. The van der Waals surface area contributed by atoms with Crippen LogP contribution in [0.3, 0.4) is 0 Å². The van der Waals surface area contributed by atoms with E-state index in [2.05, 4.69) is 0 Å². The van der Waals surface area contributed by atoms with E-state index in [-0.39, 0.29) is 30.4 Å². The van der Waals surface area contributed by atoms with E-state index in [1.54, 1.807) is 7.11 Å². The Morgan fingerprint density at radius 3 is 2.36 bits per heavy atom. The third-order valence-electron chi connectivity index (χ3n) is 2.58. The largest absolute Gasteiger partial charge is 0.457 e. The van der Waals surface area contributed by atoms with Crippen LogP contribution in [0.4, 0.5) is 0 Å². The summed E-state index contributed by atoms with van der Waals surface area (Å²) in [5, 5.41) is 0. The van der Waals surface area contributed by atoms with Crippen molar-refractivity contribution in [2.24, 2.45) is 0 Å². The molecule has 14 heavy (non-hydrogen) atoms. The smallest absolute Gasteiger partial charge is 0.303 e. The lowest BCUT2D eigenvalue weighted by Crippen LogP contribution is -2.34. The summed E-state index contributed by atoms with van der Waals surface area (Å²) in [6.45, 7) is 2.29. The van der Waals surface area contributed by atoms with E-state index in [4.69, 9.17) is 18.9 Å². The van der Waals surface area contributed by atoms with Crippen molar-refractivity contribution < 1.29 is 23.7 Å². The zero-order chi connectivity index (χ0) is 10.1. The minimum Gasteiger partial charge on any atom is -0.457 e. The van der Waals surface area contributed by atoms with Crippen LogP contribution in [0.5, 0.6) is 0 Å². The van der Waals surface area contributed by atoms with E-state index in [1.165, 1.54) is 6.92 Å². The van der Waals surface area contributed by atoms with E-state index < -0.39 is 0 Å². The molecule has 80 valence electrons. The molecule has 5 heteroatoms. The summed E-state index contributed by atoms with van der Waals surface area (Å²) >= 11 is 0. The molecule has 0 aromatic carbocycles. The topological polar surface area (TPSA) is 54.0 Å². The Hall–Kier alpha value is -0.650. The Kier molecular flexibility index (Phi) is 2.71. The lowest BCUT2D eigenvalue weighted by molar-refractivity contribution is -0.151. The maximum Gasteiger partial charge on any atom is 0.303 e. The summed E-state index contributed by atoms with van der Waals surface area (Å²) in [5.41, 5.74) is 0. The van der Waals surface area contributed by atoms with Gasteiger partial charge in [0, 0.05) is 14.0 Å². The van der Waals surface area contributed by atoms with Crippen molar-refractivity contribution in [3.63, 3.8) is 0 Å². The van der Waals surface area contributed by atoms with Gasteiger partial charge in [0.05, 0.1) is 13.2 Å². The van der Waals surface area contributed by atoms with E-state index in [9.17, 15) is 4.79 Å². The van der Waals surface area contributed by atoms with Gasteiger partial charge in [0.1, 0.15) is 18.3 Å². The van der Waals surface area contributed by atoms with Gasteiger partial charge in [0.25, 0.3) is 0 Å². The first-order valence-corrected chi connectivity index (χ1v) is 4.65. The molecule has 1 unspecified atom stereocenters. The van der Waals surface area contributed by atoms with Gasteiger partial charge in [-0.15, -0.1) is 0 Å². The van der Waals surface area contributed by atoms with Crippen LogP contribution in [0.2, 0.25) is 0 Å². The second-order valence-corrected chi connectivity index (χ2v) is 3.52. The molecule has 0 radical (unpaired) electrons. The molecule has 0 aromatic rings. The second-order valence-electron chi connectivity index (χ2n) is 3.52. The Morgan fingerprint density at radius 1 is 1.21 bits per heavy atom. The molecule has 0 saturated carbocycles. The van der Waals surface area contributed by atoms with Gasteiger partial charge in [-0.2, -0.15) is 0 Å². The van der Waals surface area contributed by atoms with Crippen LogP contribution in [0.15, 0.2) is 0 Å². The molecule has 0 amide bonds. The minimum atomic E-state index is -0.302. The number of ether oxygens (including phenoxy) is 4. The highest BCUT2D eigenvalue weighted by Crippen LogP contribution is 2.30. The SMILES string of the molecule is COC1CO[C@H]2[C@@H]1OC[C@H]2OC(C)=O. The molecular weight excluding hydrogens is 188 g/mol. The van der Waals surface area contributed by atoms with Crippen LogP contribution >= 0.6 is 0 Å². The zero-order valence-electron chi connectivity index (χ0n) is 8.26. The summed E-state index contributed by atoms with van der Waals surface area (Å²) in [4.78, 5) is 10.8. The van der Waals surface area contributed by atoms with Crippen molar-refractivity contribution in [3.05, 3.63) is 0 Å². The number of hydrogen-bond donors (Lipinski definition) is 0. The Morgan fingerprint density at radius 2 is 1.79 bits per heavy atom. The van der Waals surface area contributed by atoms with Crippen LogP contribution < -0.4 is 0 Å². The summed E-state index contributed by atoms with van der Waals surface area (Å²) < 4.78 is 21.2. The van der Waals surface area contributed by atoms with Gasteiger partial charge in [-0.25, -0.2) is 0 Å². The van der Waals surface area contributed by atoms with Gasteiger partial charge in [-0.3, -0.25) is 4.79 Å². The van der Waals surface area contributed by atoms with E-state index in [0.29, 0.717) is 13.2 Å². The number of rotatable bonds is 2. The van der Waals surface area contributed by atoms with Gasteiger partial charge in [0.15, 0.2) is 6.10 Å². The van der Waals surface area contributed by atoms with E-state index >= 15 is 0 Å². The molecule has 0 aliphatic carbocycles. The first-order valence-electron chi connectivity index (χ1n) is 4.65. The monoisotopic (exact) mass is 202 g/mol. The van der Waals surface area contributed by atoms with Crippen molar-refractivity contribution in [3.8, 4) is 0 Å². The molecule has 2 heterocycles. The average Bonchev–Trinajstić information content (AvgIpc) is 2.67. The molecule has 0 N–H and O–H groups in total. The van der Waals surface area contributed by atoms with Crippen LogP contribution in [0.1, 0.15) is 6.92 Å². The van der Waals surface area contributed by atoms with Crippen molar-refractivity contribution >= 4 is 5.97 Å². The number of fused-ring (bicyclic) bond motifs is 1.